The molecule has 2 aliphatic rings. The van der Waals surface area contributed by atoms with Gasteiger partial charge in [0.05, 0.1) is 11.4 Å². The van der Waals surface area contributed by atoms with Crippen LogP contribution in [0.2, 0.25) is 0 Å². The number of nitrogens with zero attached hydrogens (tertiary/aromatic N) is 1. The lowest BCUT2D eigenvalue weighted by molar-refractivity contribution is -0.123. The van der Waals surface area contributed by atoms with Crippen molar-refractivity contribution in [2.75, 3.05) is 19.6 Å². The third kappa shape index (κ3) is 1.95. The molecule has 1 aromatic rings. The molecule has 0 spiro atoms. The number of fused-ring (bicyclic) bond motifs is 1. The van der Waals surface area contributed by atoms with Crippen molar-refractivity contribution in [1.29, 1.82) is 0 Å². The van der Waals surface area contributed by atoms with E-state index in [0.717, 1.165) is 17.7 Å². The van der Waals surface area contributed by atoms with Gasteiger partial charge in [0.25, 0.3) is 5.91 Å². The van der Waals surface area contributed by atoms with Gasteiger partial charge in [-0.15, -0.1) is 11.3 Å². The van der Waals surface area contributed by atoms with Gasteiger partial charge in [0.15, 0.2) is 0 Å². The second-order valence-electron chi connectivity index (χ2n) is 4.49. The minimum absolute atomic E-state index is 0.0132. The van der Waals surface area contributed by atoms with Gasteiger partial charge in [-0.2, -0.15) is 0 Å². The number of nitrogens with one attached hydrogen (secondary N) is 1. The molecule has 4 nitrogen and oxygen atoms in total. The van der Waals surface area contributed by atoms with E-state index in [1.54, 1.807) is 16.2 Å². The molecule has 0 atom stereocenters. The highest BCUT2D eigenvalue weighted by Gasteiger charge is 2.25. The van der Waals surface area contributed by atoms with Gasteiger partial charge < -0.3 is 10.2 Å². The van der Waals surface area contributed by atoms with Crippen molar-refractivity contribution in [3.05, 3.63) is 21.4 Å². The number of piperazine rings is 1. The van der Waals surface area contributed by atoms with Gasteiger partial charge in [-0.05, 0) is 30.9 Å². The fourth-order valence-electron chi connectivity index (χ4n) is 2.40. The minimum Gasteiger partial charge on any atom is -0.353 e. The van der Waals surface area contributed by atoms with Crippen molar-refractivity contribution >= 4 is 23.2 Å². The molecular weight excluding hydrogens is 236 g/mol. The second-order valence-corrected chi connectivity index (χ2v) is 5.63. The molecule has 90 valence electrons. The number of carbonyl (C=O) groups is 2. The summed E-state index contributed by atoms with van der Waals surface area (Å²) in [5.41, 5.74) is 1.33. The van der Waals surface area contributed by atoms with Gasteiger partial charge in [0.1, 0.15) is 0 Å². The number of amides is 2. The smallest absolute Gasteiger partial charge is 0.264 e. The summed E-state index contributed by atoms with van der Waals surface area (Å²) < 4.78 is 0. The van der Waals surface area contributed by atoms with Crippen LogP contribution < -0.4 is 5.32 Å². The summed E-state index contributed by atoms with van der Waals surface area (Å²) in [7, 11) is 0. The SMILES string of the molecule is O=C1CN(C(=O)c2cc3c(s2)CCC3)CCN1. The van der Waals surface area contributed by atoms with Crippen LogP contribution in [0.5, 0.6) is 0 Å². The molecule has 0 bridgehead atoms. The Morgan fingerprint density at radius 3 is 3.06 bits per heavy atom. The molecule has 0 aromatic carbocycles. The Morgan fingerprint density at radius 2 is 2.29 bits per heavy atom. The number of hydrogen-bond donors (Lipinski definition) is 1. The highest BCUT2D eigenvalue weighted by atomic mass is 32.1. The highest BCUT2D eigenvalue weighted by molar-refractivity contribution is 7.14. The first-order chi connectivity index (χ1) is 8.24. The standard InChI is InChI=1S/C12H14N2O2S/c15-11-7-14(5-4-13-11)12(16)10-6-8-2-1-3-9(8)17-10/h6H,1-5,7H2,(H,13,15). The molecule has 1 fully saturated rings. The van der Waals surface area contributed by atoms with Crippen LogP contribution in [-0.2, 0) is 17.6 Å². The lowest BCUT2D eigenvalue weighted by atomic mass is 10.2. The summed E-state index contributed by atoms with van der Waals surface area (Å²) >= 11 is 1.60. The molecule has 1 saturated heterocycles. The molecule has 0 unspecified atom stereocenters. The fraction of sp³-hybridized carbons (Fsp3) is 0.500. The monoisotopic (exact) mass is 250 g/mol. The molecule has 5 heteroatoms. The molecule has 3 rings (SSSR count). The number of carbonyl (C=O) groups excluding carboxylic acids is 2. The number of thiophene rings is 1. The Hall–Kier alpha value is -1.36. The van der Waals surface area contributed by atoms with Crippen molar-refractivity contribution in [3.8, 4) is 0 Å². The van der Waals surface area contributed by atoms with Gasteiger partial charge >= 0.3 is 0 Å². The summed E-state index contributed by atoms with van der Waals surface area (Å²) in [5, 5.41) is 2.73. The molecule has 17 heavy (non-hydrogen) atoms. The highest BCUT2D eigenvalue weighted by Crippen LogP contribution is 2.31. The normalized spacial score (nSPS) is 19.1. The van der Waals surface area contributed by atoms with Gasteiger partial charge in [-0.25, -0.2) is 0 Å². The average molecular weight is 250 g/mol. The van der Waals surface area contributed by atoms with Gasteiger partial charge in [-0.3, -0.25) is 9.59 Å². The maximum Gasteiger partial charge on any atom is 0.264 e. The Kier molecular flexibility index (Phi) is 2.63. The van der Waals surface area contributed by atoms with Crippen LogP contribution in [0.1, 0.15) is 26.5 Å². The van der Waals surface area contributed by atoms with Crippen molar-refractivity contribution in [3.63, 3.8) is 0 Å². The van der Waals surface area contributed by atoms with Crippen LogP contribution in [0.25, 0.3) is 0 Å². The molecule has 1 aromatic heterocycles. The van der Waals surface area contributed by atoms with E-state index in [2.05, 4.69) is 5.32 Å². The summed E-state index contributed by atoms with van der Waals surface area (Å²) in [5.74, 6) is -0.0482. The predicted molar refractivity (Wildman–Crippen MR) is 65.3 cm³/mol. The van der Waals surface area contributed by atoms with E-state index in [9.17, 15) is 9.59 Å². The first-order valence-corrected chi connectivity index (χ1v) is 6.73. The Bertz CT molecular complexity index is 459. The van der Waals surface area contributed by atoms with E-state index in [1.165, 1.54) is 16.9 Å². The fourth-order valence-corrected chi connectivity index (χ4v) is 3.62. The van der Waals surface area contributed by atoms with E-state index < -0.39 is 0 Å². The van der Waals surface area contributed by atoms with Gasteiger partial charge in [-0.1, -0.05) is 0 Å². The van der Waals surface area contributed by atoms with Gasteiger partial charge in [0, 0.05) is 18.0 Å². The first kappa shape index (κ1) is 10.8. The molecule has 2 heterocycles. The van der Waals surface area contributed by atoms with E-state index in [1.807, 2.05) is 6.07 Å². The number of aryl methyl sites for hydroxylation is 2. The number of hydrogen-bond acceptors (Lipinski definition) is 3. The Labute approximate surface area is 104 Å². The first-order valence-electron chi connectivity index (χ1n) is 5.91. The molecule has 1 N–H and O–H groups in total. The quantitative estimate of drug-likeness (QED) is 0.802. The topological polar surface area (TPSA) is 49.4 Å². The van der Waals surface area contributed by atoms with Crippen molar-refractivity contribution in [2.45, 2.75) is 19.3 Å². The maximum atomic E-state index is 12.2. The zero-order valence-corrected chi connectivity index (χ0v) is 10.3. The summed E-state index contributed by atoms with van der Waals surface area (Å²) in [6.07, 6.45) is 3.41. The molecule has 2 amide bonds. The Morgan fingerprint density at radius 1 is 1.41 bits per heavy atom. The van der Waals surface area contributed by atoms with Crippen LogP contribution in [0, 0.1) is 0 Å². The zero-order valence-electron chi connectivity index (χ0n) is 9.49. The molecule has 0 radical (unpaired) electrons. The summed E-state index contributed by atoms with van der Waals surface area (Å²) in [6, 6.07) is 2.02. The summed E-state index contributed by atoms with van der Waals surface area (Å²) in [6.45, 7) is 1.38. The van der Waals surface area contributed by atoms with Gasteiger partial charge in [0.2, 0.25) is 5.91 Å². The van der Waals surface area contributed by atoms with E-state index in [4.69, 9.17) is 0 Å². The van der Waals surface area contributed by atoms with E-state index in [-0.39, 0.29) is 18.4 Å². The minimum atomic E-state index is -0.0614. The lowest BCUT2D eigenvalue weighted by Gasteiger charge is -2.26. The van der Waals surface area contributed by atoms with Crippen LogP contribution in [0.4, 0.5) is 0 Å². The van der Waals surface area contributed by atoms with Crippen LogP contribution in [0.3, 0.4) is 0 Å². The summed E-state index contributed by atoms with van der Waals surface area (Å²) in [4.78, 5) is 27.2. The largest absolute Gasteiger partial charge is 0.353 e. The lowest BCUT2D eigenvalue weighted by Crippen LogP contribution is -2.49. The Balaban J connectivity index is 1.78. The number of rotatable bonds is 1. The predicted octanol–water partition coefficient (Wildman–Crippen LogP) is 0.809. The zero-order chi connectivity index (χ0) is 11.8. The molecule has 0 saturated carbocycles. The van der Waals surface area contributed by atoms with E-state index in [0.29, 0.717) is 13.1 Å². The van der Waals surface area contributed by atoms with Crippen LogP contribution in [-0.4, -0.2) is 36.3 Å². The third-order valence-corrected chi connectivity index (χ3v) is 4.51. The molecular formula is C12H14N2O2S. The van der Waals surface area contributed by atoms with Crippen molar-refractivity contribution < 1.29 is 9.59 Å². The average Bonchev–Trinajstić information content (AvgIpc) is 2.88. The molecule has 1 aliphatic heterocycles. The van der Waals surface area contributed by atoms with E-state index >= 15 is 0 Å². The van der Waals surface area contributed by atoms with Crippen LogP contribution >= 0.6 is 11.3 Å². The maximum absolute atomic E-state index is 12.2. The molecule has 1 aliphatic carbocycles. The van der Waals surface area contributed by atoms with Crippen LogP contribution in [0.15, 0.2) is 6.07 Å². The van der Waals surface area contributed by atoms with Crippen molar-refractivity contribution in [1.82, 2.24) is 10.2 Å². The second kappa shape index (κ2) is 4.14. The van der Waals surface area contributed by atoms with Crippen molar-refractivity contribution in [2.24, 2.45) is 0 Å². The third-order valence-electron chi connectivity index (χ3n) is 3.28.